The Morgan fingerprint density at radius 2 is 1.77 bits per heavy atom. The number of rotatable bonds is 6. The smallest absolute Gasteiger partial charge is 0.236 e. The fraction of sp³-hybridized carbons (Fsp3) is 0.400. The van der Waals surface area contributed by atoms with Gasteiger partial charge in [0.05, 0.1) is 29.9 Å². The zero-order valence-corrected chi connectivity index (χ0v) is 21.8. The lowest BCUT2D eigenvalue weighted by atomic mass is 9.81. The summed E-state index contributed by atoms with van der Waals surface area (Å²) < 4.78 is 0. The number of hydrogen-bond donors (Lipinski definition) is 1. The van der Waals surface area contributed by atoms with E-state index in [1.807, 2.05) is 39.2 Å². The quantitative estimate of drug-likeness (QED) is 0.510. The molecule has 0 unspecified atom stereocenters. The molecule has 1 atom stereocenters. The Bertz CT molecular complexity index is 1210. The van der Waals surface area contributed by atoms with Crippen molar-refractivity contribution < 1.29 is 9.90 Å². The van der Waals surface area contributed by atoms with Crippen molar-refractivity contribution in [3.05, 3.63) is 77.0 Å². The summed E-state index contributed by atoms with van der Waals surface area (Å²) in [6.07, 6.45) is 3.82. The van der Waals surface area contributed by atoms with Crippen LogP contribution in [0.4, 0.5) is 11.5 Å². The number of aliphatic hydroxyl groups excluding tert-OH is 1. The van der Waals surface area contributed by atoms with Gasteiger partial charge in [-0.2, -0.15) is 0 Å². The van der Waals surface area contributed by atoms with E-state index in [4.69, 9.17) is 4.98 Å². The number of aryl methyl sites for hydroxylation is 3. The van der Waals surface area contributed by atoms with Crippen molar-refractivity contribution in [3.63, 3.8) is 0 Å². The van der Waals surface area contributed by atoms with Crippen LogP contribution < -0.4 is 9.80 Å². The van der Waals surface area contributed by atoms with Crippen molar-refractivity contribution in [1.82, 2.24) is 4.98 Å². The van der Waals surface area contributed by atoms with Gasteiger partial charge in [0, 0.05) is 19.2 Å². The lowest BCUT2D eigenvalue weighted by molar-refractivity contribution is -0.122. The summed E-state index contributed by atoms with van der Waals surface area (Å²) in [5.41, 5.74) is 6.59. The number of carbonyl (C=O) groups excluding carboxylic acids is 1. The van der Waals surface area contributed by atoms with Crippen LogP contribution in [0.15, 0.2) is 54.7 Å². The molecule has 1 aromatic heterocycles. The topological polar surface area (TPSA) is 56.7 Å². The molecule has 184 valence electrons. The molecule has 1 fully saturated rings. The summed E-state index contributed by atoms with van der Waals surface area (Å²) in [7, 11) is 1.84. The molecular weight excluding hydrogens is 434 g/mol. The number of nitrogens with zero attached hydrogens (tertiary/aromatic N) is 3. The van der Waals surface area contributed by atoms with Gasteiger partial charge in [0.2, 0.25) is 5.91 Å². The van der Waals surface area contributed by atoms with E-state index in [-0.39, 0.29) is 18.6 Å². The first-order valence-electron chi connectivity index (χ1n) is 12.4. The summed E-state index contributed by atoms with van der Waals surface area (Å²) in [6.45, 7) is 11.2. The molecule has 5 heteroatoms. The Labute approximate surface area is 209 Å². The van der Waals surface area contributed by atoms with Gasteiger partial charge in [0.25, 0.3) is 0 Å². The third-order valence-electron chi connectivity index (χ3n) is 7.33. The van der Waals surface area contributed by atoms with Crippen LogP contribution in [0.5, 0.6) is 0 Å². The molecule has 1 N–H and O–H groups in total. The highest BCUT2D eigenvalue weighted by Crippen LogP contribution is 2.38. The second-order valence-corrected chi connectivity index (χ2v) is 10.4. The molecule has 5 nitrogen and oxygen atoms in total. The maximum absolute atomic E-state index is 14.0. The minimum absolute atomic E-state index is 0.0151. The molecule has 0 aliphatic carbocycles. The summed E-state index contributed by atoms with van der Waals surface area (Å²) >= 11 is 0. The Kier molecular flexibility index (Phi) is 7.00. The van der Waals surface area contributed by atoms with Crippen molar-refractivity contribution in [2.75, 3.05) is 30.0 Å². The highest BCUT2D eigenvalue weighted by molar-refractivity contribution is 6.03. The van der Waals surface area contributed by atoms with Crippen molar-refractivity contribution in [3.8, 4) is 11.1 Å². The maximum atomic E-state index is 14.0. The summed E-state index contributed by atoms with van der Waals surface area (Å²) in [4.78, 5) is 22.7. The molecule has 1 aliphatic heterocycles. The van der Waals surface area contributed by atoms with Crippen molar-refractivity contribution in [2.45, 2.75) is 58.9 Å². The molecular formula is C30H37N3O2. The van der Waals surface area contributed by atoms with Gasteiger partial charge in [-0.1, -0.05) is 53.6 Å². The van der Waals surface area contributed by atoms with E-state index in [1.54, 1.807) is 4.90 Å². The SMILES string of the molecule is Cc1cc(C)cc(C(C)(C)C(=O)N(C)c2cnc(N3CCC[C@H]3CO)cc2-c2ccccc2C)c1. The van der Waals surface area contributed by atoms with E-state index in [0.717, 1.165) is 64.3 Å². The molecule has 0 spiro atoms. The van der Waals surface area contributed by atoms with Crippen LogP contribution in [0.2, 0.25) is 0 Å². The first-order chi connectivity index (χ1) is 16.6. The first kappa shape index (κ1) is 24.9. The Balaban J connectivity index is 1.79. The zero-order valence-electron chi connectivity index (χ0n) is 21.8. The number of benzene rings is 2. The molecule has 4 rings (SSSR count). The number of hydrogen-bond acceptors (Lipinski definition) is 4. The van der Waals surface area contributed by atoms with Gasteiger partial charge in [0.1, 0.15) is 5.82 Å². The fourth-order valence-electron chi connectivity index (χ4n) is 5.27. The van der Waals surface area contributed by atoms with Crippen LogP contribution in [0.1, 0.15) is 48.9 Å². The van der Waals surface area contributed by atoms with Crippen LogP contribution >= 0.6 is 0 Å². The zero-order chi connectivity index (χ0) is 25.3. The van der Waals surface area contributed by atoms with Crippen molar-refractivity contribution in [2.24, 2.45) is 0 Å². The molecule has 1 amide bonds. The van der Waals surface area contributed by atoms with E-state index in [2.05, 4.69) is 62.1 Å². The maximum Gasteiger partial charge on any atom is 0.236 e. The predicted molar refractivity (Wildman–Crippen MR) is 144 cm³/mol. The average molecular weight is 472 g/mol. The standard InChI is InChI=1S/C30H37N3O2/c1-20-14-21(2)16-23(15-20)30(4,5)29(35)32(6)27-18-31-28(33-13-9-11-24(33)19-34)17-26(27)25-12-8-7-10-22(25)3/h7-8,10,12,14-18,24,34H,9,11,13,19H2,1-6H3/t24-/m0/s1. The van der Waals surface area contributed by atoms with Gasteiger partial charge in [-0.05, 0) is 70.2 Å². The summed E-state index contributed by atoms with van der Waals surface area (Å²) in [6, 6.07) is 16.7. The number of likely N-dealkylation sites (N-methyl/N-ethyl adjacent to an activating group) is 1. The predicted octanol–water partition coefficient (Wildman–Crippen LogP) is 5.58. The largest absolute Gasteiger partial charge is 0.394 e. The Morgan fingerprint density at radius 1 is 1.09 bits per heavy atom. The van der Waals surface area contributed by atoms with Gasteiger partial charge in [0.15, 0.2) is 0 Å². The van der Waals surface area contributed by atoms with Crippen LogP contribution in [-0.4, -0.2) is 42.2 Å². The van der Waals surface area contributed by atoms with Gasteiger partial charge in [-0.3, -0.25) is 4.79 Å². The molecule has 2 aromatic carbocycles. The molecule has 0 bridgehead atoms. The number of amides is 1. The van der Waals surface area contributed by atoms with Gasteiger partial charge < -0.3 is 14.9 Å². The normalized spacial score (nSPS) is 16.0. The minimum Gasteiger partial charge on any atom is -0.394 e. The molecule has 0 saturated carbocycles. The van der Waals surface area contributed by atoms with E-state index in [0.29, 0.717) is 0 Å². The van der Waals surface area contributed by atoms with Crippen LogP contribution in [-0.2, 0) is 10.2 Å². The Hall–Kier alpha value is -3.18. The number of pyridine rings is 1. The average Bonchev–Trinajstić information content (AvgIpc) is 3.31. The molecule has 0 radical (unpaired) electrons. The van der Waals surface area contributed by atoms with Gasteiger partial charge >= 0.3 is 0 Å². The van der Waals surface area contributed by atoms with Crippen LogP contribution in [0, 0.1) is 20.8 Å². The lowest BCUT2D eigenvalue weighted by Crippen LogP contribution is -2.42. The van der Waals surface area contributed by atoms with Crippen molar-refractivity contribution in [1.29, 1.82) is 0 Å². The molecule has 3 aromatic rings. The molecule has 1 saturated heterocycles. The second-order valence-electron chi connectivity index (χ2n) is 10.4. The molecule has 35 heavy (non-hydrogen) atoms. The fourth-order valence-corrected chi connectivity index (χ4v) is 5.27. The third kappa shape index (κ3) is 4.83. The molecule has 2 heterocycles. The molecule has 1 aliphatic rings. The monoisotopic (exact) mass is 471 g/mol. The second kappa shape index (κ2) is 9.82. The first-order valence-corrected chi connectivity index (χ1v) is 12.4. The van der Waals surface area contributed by atoms with E-state index >= 15 is 0 Å². The number of aromatic nitrogens is 1. The van der Waals surface area contributed by atoms with Crippen molar-refractivity contribution >= 4 is 17.4 Å². The summed E-state index contributed by atoms with van der Waals surface area (Å²) in [5, 5.41) is 9.86. The lowest BCUT2D eigenvalue weighted by Gasteiger charge is -2.32. The van der Waals surface area contributed by atoms with Crippen LogP contribution in [0.25, 0.3) is 11.1 Å². The van der Waals surface area contributed by atoms with Gasteiger partial charge in [-0.15, -0.1) is 0 Å². The third-order valence-corrected chi connectivity index (χ3v) is 7.33. The Morgan fingerprint density at radius 3 is 2.43 bits per heavy atom. The number of aliphatic hydroxyl groups is 1. The highest BCUT2D eigenvalue weighted by atomic mass is 16.3. The number of carbonyl (C=O) groups is 1. The van der Waals surface area contributed by atoms with E-state index in [1.165, 1.54) is 0 Å². The van der Waals surface area contributed by atoms with Crippen LogP contribution in [0.3, 0.4) is 0 Å². The van der Waals surface area contributed by atoms with E-state index < -0.39 is 5.41 Å². The van der Waals surface area contributed by atoms with Gasteiger partial charge in [-0.25, -0.2) is 4.98 Å². The highest BCUT2D eigenvalue weighted by Gasteiger charge is 2.35. The van der Waals surface area contributed by atoms with E-state index in [9.17, 15) is 9.90 Å². The number of anilines is 2. The minimum atomic E-state index is -0.704. The summed E-state index contributed by atoms with van der Waals surface area (Å²) in [5.74, 6) is 0.860.